The average molecular weight is 361 g/mol. The minimum atomic E-state index is -0.341. The van der Waals surface area contributed by atoms with Crippen LogP contribution < -0.4 is 10.9 Å². The number of carbonyl (C=O) groups excluding carboxylic acids is 1. The number of hydrogen-bond donors (Lipinski definition) is 2. The number of aryl methyl sites for hydroxylation is 1. The van der Waals surface area contributed by atoms with E-state index >= 15 is 0 Å². The van der Waals surface area contributed by atoms with E-state index in [0.717, 1.165) is 5.56 Å². The SMILES string of the molecule is O=C1CCc2c1cnc1nc(Nc3ccc(Cl)cc3Cl)[nH]c(=O)c21. The minimum Gasteiger partial charge on any atom is -0.324 e. The molecule has 0 aliphatic heterocycles. The molecular weight excluding hydrogens is 351 g/mol. The monoisotopic (exact) mass is 360 g/mol. The molecule has 0 amide bonds. The van der Waals surface area contributed by atoms with Gasteiger partial charge < -0.3 is 5.32 Å². The quantitative estimate of drug-likeness (QED) is 0.730. The second-order valence-corrected chi connectivity index (χ2v) is 6.28. The van der Waals surface area contributed by atoms with E-state index in [1.807, 2.05) is 0 Å². The van der Waals surface area contributed by atoms with Gasteiger partial charge in [0, 0.05) is 23.2 Å². The molecule has 6 nitrogen and oxygen atoms in total. The largest absolute Gasteiger partial charge is 0.324 e. The maximum atomic E-state index is 12.5. The number of carbonyl (C=O) groups is 1. The normalized spacial score (nSPS) is 13.3. The molecule has 4 rings (SSSR count). The van der Waals surface area contributed by atoms with Gasteiger partial charge in [-0.15, -0.1) is 0 Å². The third-order valence-corrected chi connectivity index (χ3v) is 4.48. The number of fused-ring (bicyclic) bond motifs is 3. The Morgan fingerprint density at radius 3 is 2.79 bits per heavy atom. The fraction of sp³-hybridized carbons (Fsp3) is 0.125. The number of Topliss-reactive ketones (excluding diaryl/α,β-unsaturated/α-hetero) is 1. The van der Waals surface area contributed by atoms with E-state index in [0.29, 0.717) is 45.2 Å². The number of halogens is 2. The lowest BCUT2D eigenvalue weighted by Crippen LogP contribution is -2.14. The highest BCUT2D eigenvalue weighted by Crippen LogP contribution is 2.28. The van der Waals surface area contributed by atoms with Crippen LogP contribution in [0.2, 0.25) is 10.0 Å². The Labute approximate surface area is 145 Å². The smallest absolute Gasteiger partial charge is 0.262 e. The van der Waals surface area contributed by atoms with Gasteiger partial charge in [-0.25, -0.2) is 4.98 Å². The van der Waals surface area contributed by atoms with Crippen LogP contribution in [0.4, 0.5) is 11.6 Å². The van der Waals surface area contributed by atoms with E-state index in [1.165, 1.54) is 6.20 Å². The summed E-state index contributed by atoms with van der Waals surface area (Å²) in [5.41, 5.74) is 1.73. The number of aromatic nitrogens is 3. The molecular formula is C16H10Cl2N4O2. The summed E-state index contributed by atoms with van der Waals surface area (Å²) >= 11 is 12.0. The molecule has 0 spiro atoms. The van der Waals surface area contributed by atoms with Crippen LogP contribution >= 0.6 is 23.2 Å². The first-order valence-corrected chi connectivity index (χ1v) is 7.95. The van der Waals surface area contributed by atoms with E-state index in [2.05, 4.69) is 20.3 Å². The summed E-state index contributed by atoms with van der Waals surface area (Å²) in [6.07, 6.45) is 2.42. The van der Waals surface area contributed by atoms with E-state index in [9.17, 15) is 9.59 Å². The molecule has 3 aromatic rings. The van der Waals surface area contributed by atoms with Crippen molar-refractivity contribution in [1.29, 1.82) is 0 Å². The van der Waals surface area contributed by atoms with Crippen molar-refractivity contribution in [3.8, 4) is 0 Å². The Balaban J connectivity index is 1.82. The van der Waals surface area contributed by atoms with Gasteiger partial charge in [0.25, 0.3) is 5.56 Å². The average Bonchev–Trinajstić information content (AvgIpc) is 2.91. The highest BCUT2D eigenvalue weighted by Gasteiger charge is 2.24. The summed E-state index contributed by atoms with van der Waals surface area (Å²) in [6, 6.07) is 4.94. The van der Waals surface area contributed by atoms with Crippen LogP contribution in [0.5, 0.6) is 0 Å². The number of H-pyrrole nitrogens is 1. The fourth-order valence-corrected chi connectivity index (χ4v) is 3.27. The molecule has 0 fully saturated rings. The Morgan fingerprint density at radius 2 is 2.00 bits per heavy atom. The number of ketones is 1. The molecule has 0 saturated heterocycles. The van der Waals surface area contributed by atoms with Gasteiger partial charge in [0.1, 0.15) is 0 Å². The highest BCUT2D eigenvalue weighted by atomic mass is 35.5. The lowest BCUT2D eigenvalue weighted by Gasteiger charge is -2.09. The van der Waals surface area contributed by atoms with Crippen molar-refractivity contribution < 1.29 is 4.79 Å². The lowest BCUT2D eigenvalue weighted by molar-refractivity contribution is 0.0994. The third kappa shape index (κ3) is 2.44. The summed E-state index contributed by atoms with van der Waals surface area (Å²) in [4.78, 5) is 35.4. The molecule has 2 heterocycles. The molecule has 0 bridgehead atoms. The molecule has 120 valence electrons. The molecule has 0 radical (unpaired) electrons. The van der Waals surface area contributed by atoms with Gasteiger partial charge >= 0.3 is 0 Å². The number of pyridine rings is 1. The molecule has 1 aromatic carbocycles. The lowest BCUT2D eigenvalue weighted by atomic mass is 10.1. The van der Waals surface area contributed by atoms with Crippen molar-refractivity contribution >= 4 is 51.7 Å². The first kappa shape index (κ1) is 15.1. The molecule has 8 heteroatoms. The zero-order chi connectivity index (χ0) is 16.8. The van der Waals surface area contributed by atoms with Crippen molar-refractivity contribution in [3.05, 3.63) is 55.9 Å². The van der Waals surface area contributed by atoms with Gasteiger partial charge in [-0.1, -0.05) is 23.2 Å². The van der Waals surface area contributed by atoms with Crippen LogP contribution in [-0.4, -0.2) is 20.7 Å². The van der Waals surface area contributed by atoms with Crippen LogP contribution in [0.15, 0.2) is 29.2 Å². The summed E-state index contributed by atoms with van der Waals surface area (Å²) in [7, 11) is 0. The van der Waals surface area contributed by atoms with Gasteiger partial charge in [-0.05, 0) is 30.2 Å². The van der Waals surface area contributed by atoms with Crippen molar-refractivity contribution in [3.63, 3.8) is 0 Å². The highest BCUT2D eigenvalue weighted by molar-refractivity contribution is 6.36. The van der Waals surface area contributed by atoms with Crippen LogP contribution in [0, 0.1) is 0 Å². The number of anilines is 2. The molecule has 2 N–H and O–H groups in total. The van der Waals surface area contributed by atoms with E-state index in [4.69, 9.17) is 23.2 Å². The third-order valence-electron chi connectivity index (χ3n) is 3.93. The summed E-state index contributed by atoms with van der Waals surface area (Å²) < 4.78 is 0. The fourth-order valence-electron chi connectivity index (χ4n) is 2.82. The standard InChI is InChI=1S/C16H10Cl2N4O2/c17-7-1-3-11(10(18)5-7)20-16-21-14-13(15(24)22-16)8-2-4-12(23)9(8)6-19-14/h1,3,5-6H,2,4H2,(H2,19,20,21,22,24). The van der Waals surface area contributed by atoms with Crippen molar-refractivity contribution in [2.75, 3.05) is 5.32 Å². The molecule has 0 atom stereocenters. The first-order chi connectivity index (χ1) is 11.5. The first-order valence-electron chi connectivity index (χ1n) is 7.20. The van der Waals surface area contributed by atoms with Crippen molar-refractivity contribution in [2.45, 2.75) is 12.8 Å². The van der Waals surface area contributed by atoms with E-state index < -0.39 is 0 Å². The second kappa shape index (κ2) is 5.58. The number of nitrogens with one attached hydrogen (secondary N) is 2. The zero-order valence-corrected chi connectivity index (χ0v) is 13.7. The summed E-state index contributed by atoms with van der Waals surface area (Å²) in [5.74, 6) is 0.224. The van der Waals surface area contributed by atoms with Gasteiger partial charge in [-0.2, -0.15) is 4.98 Å². The van der Waals surface area contributed by atoms with E-state index in [1.54, 1.807) is 18.2 Å². The van der Waals surface area contributed by atoms with Gasteiger partial charge in [0.2, 0.25) is 5.95 Å². The maximum absolute atomic E-state index is 12.5. The predicted octanol–water partition coefficient (Wildman–Crippen LogP) is 3.50. The number of rotatable bonds is 2. The Kier molecular flexibility index (Phi) is 3.51. The zero-order valence-electron chi connectivity index (χ0n) is 12.2. The summed E-state index contributed by atoms with van der Waals surface area (Å²) in [5, 5.41) is 4.22. The van der Waals surface area contributed by atoms with Gasteiger partial charge in [0.15, 0.2) is 11.4 Å². The van der Waals surface area contributed by atoms with Crippen LogP contribution in [0.1, 0.15) is 22.3 Å². The van der Waals surface area contributed by atoms with Crippen molar-refractivity contribution in [2.24, 2.45) is 0 Å². The Morgan fingerprint density at radius 1 is 1.17 bits per heavy atom. The van der Waals surface area contributed by atoms with Crippen LogP contribution in [-0.2, 0) is 6.42 Å². The van der Waals surface area contributed by atoms with Crippen LogP contribution in [0.25, 0.3) is 11.0 Å². The number of benzene rings is 1. The maximum Gasteiger partial charge on any atom is 0.262 e. The predicted molar refractivity (Wildman–Crippen MR) is 92.6 cm³/mol. The van der Waals surface area contributed by atoms with Crippen molar-refractivity contribution in [1.82, 2.24) is 15.0 Å². The number of aromatic amines is 1. The molecule has 0 saturated carbocycles. The molecule has 1 aliphatic carbocycles. The second-order valence-electron chi connectivity index (χ2n) is 5.44. The molecule has 24 heavy (non-hydrogen) atoms. The van der Waals surface area contributed by atoms with E-state index in [-0.39, 0.29) is 17.3 Å². The number of nitrogens with zero attached hydrogens (tertiary/aromatic N) is 2. The number of hydrogen-bond acceptors (Lipinski definition) is 5. The topological polar surface area (TPSA) is 87.7 Å². The Bertz CT molecular complexity index is 1060. The van der Waals surface area contributed by atoms with Gasteiger partial charge in [-0.3, -0.25) is 14.6 Å². The summed E-state index contributed by atoms with van der Waals surface area (Å²) in [6.45, 7) is 0. The molecule has 0 unspecified atom stereocenters. The minimum absolute atomic E-state index is 0.00828. The Hall–Kier alpha value is -2.44. The van der Waals surface area contributed by atoms with Gasteiger partial charge in [0.05, 0.1) is 16.1 Å². The van der Waals surface area contributed by atoms with Crippen LogP contribution in [0.3, 0.4) is 0 Å². The molecule has 1 aliphatic rings. The molecule has 2 aromatic heterocycles.